The minimum atomic E-state index is 0.460. The van der Waals surface area contributed by atoms with Gasteiger partial charge >= 0.3 is 0 Å². The van der Waals surface area contributed by atoms with Crippen LogP contribution >= 0.6 is 51.3 Å². The van der Waals surface area contributed by atoms with Crippen LogP contribution in [-0.4, -0.2) is 11.2 Å². The van der Waals surface area contributed by atoms with E-state index in [-0.39, 0.29) is 0 Å². The van der Waals surface area contributed by atoms with Crippen LogP contribution in [-0.2, 0) is 0 Å². The molecule has 0 atom stereocenters. The zero-order chi connectivity index (χ0) is 13.8. The van der Waals surface area contributed by atoms with Crippen molar-refractivity contribution in [2.45, 2.75) is 38.1 Å². The lowest BCUT2D eigenvalue weighted by Crippen LogP contribution is -2.38. The third kappa shape index (κ3) is 4.48. The number of rotatable bonds is 2. The Labute approximate surface area is 137 Å². The number of hydrogen-bond donors (Lipinski definition) is 2. The van der Waals surface area contributed by atoms with Crippen molar-refractivity contribution in [3.8, 4) is 0 Å². The number of thiocarbonyl (C=S) groups is 1. The normalized spacial score (nSPS) is 16.2. The van der Waals surface area contributed by atoms with Crippen LogP contribution in [0.4, 0.5) is 5.69 Å². The van der Waals surface area contributed by atoms with Gasteiger partial charge in [-0.1, -0.05) is 58.4 Å². The molecule has 0 aromatic heterocycles. The summed E-state index contributed by atoms with van der Waals surface area (Å²) in [4.78, 5) is 0. The quantitative estimate of drug-likeness (QED) is 0.673. The van der Waals surface area contributed by atoms with Crippen molar-refractivity contribution in [2.24, 2.45) is 0 Å². The first-order chi connectivity index (χ1) is 9.06. The summed E-state index contributed by atoms with van der Waals surface area (Å²) in [6, 6.07) is 4.04. The number of benzene rings is 1. The van der Waals surface area contributed by atoms with E-state index in [2.05, 4.69) is 26.6 Å². The molecule has 0 saturated heterocycles. The summed E-state index contributed by atoms with van der Waals surface area (Å²) in [5.74, 6) is 0. The Balaban J connectivity index is 1.98. The Bertz CT molecular complexity index is 453. The highest BCUT2D eigenvalue weighted by molar-refractivity contribution is 9.10. The van der Waals surface area contributed by atoms with Crippen LogP contribution in [0.2, 0.25) is 10.0 Å². The topological polar surface area (TPSA) is 24.1 Å². The average molecular weight is 382 g/mol. The van der Waals surface area contributed by atoms with Crippen LogP contribution in [0.1, 0.15) is 32.1 Å². The Morgan fingerprint density at radius 2 is 1.74 bits per heavy atom. The molecule has 0 heterocycles. The minimum absolute atomic E-state index is 0.460. The molecule has 1 aromatic carbocycles. The molecule has 0 aliphatic heterocycles. The van der Waals surface area contributed by atoms with Gasteiger partial charge in [-0.25, -0.2) is 0 Å². The van der Waals surface area contributed by atoms with E-state index in [1.165, 1.54) is 32.1 Å². The van der Waals surface area contributed by atoms with Gasteiger partial charge in [-0.15, -0.1) is 0 Å². The zero-order valence-electron chi connectivity index (χ0n) is 10.3. The molecule has 0 radical (unpaired) electrons. The fourth-order valence-electron chi connectivity index (χ4n) is 2.24. The molecule has 0 spiro atoms. The van der Waals surface area contributed by atoms with Crippen molar-refractivity contribution in [1.29, 1.82) is 0 Å². The van der Waals surface area contributed by atoms with E-state index in [1.54, 1.807) is 12.1 Å². The lowest BCUT2D eigenvalue weighted by Gasteiger charge is -2.24. The molecule has 0 unspecified atom stereocenters. The highest BCUT2D eigenvalue weighted by Gasteiger charge is 2.15. The van der Waals surface area contributed by atoms with Gasteiger partial charge in [0.25, 0.3) is 0 Å². The van der Waals surface area contributed by atoms with E-state index < -0.39 is 0 Å². The molecule has 1 aromatic rings. The maximum absolute atomic E-state index is 6.16. The standard InChI is InChI=1S/C13H15BrCl2N2S/c14-8-6-10(15)12(11(16)7-8)18-13(19)17-9-4-2-1-3-5-9/h6-7,9H,1-5H2,(H2,17,18,19). The molecular formula is C13H15BrCl2N2S. The molecule has 6 heteroatoms. The fourth-order valence-corrected chi connectivity index (χ4v) is 3.82. The van der Waals surface area contributed by atoms with Gasteiger partial charge in [-0.05, 0) is 37.2 Å². The third-order valence-electron chi connectivity index (χ3n) is 3.19. The van der Waals surface area contributed by atoms with Crippen molar-refractivity contribution in [3.05, 3.63) is 26.7 Å². The van der Waals surface area contributed by atoms with Crippen molar-refractivity contribution >= 4 is 62.1 Å². The van der Waals surface area contributed by atoms with E-state index in [4.69, 9.17) is 35.4 Å². The minimum Gasteiger partial charge on any atom is -0.360 e. The van der Waals surface area contributed by atoms with Crippen LogP contribution in [0.5, 0.6) is 0 Å². The summed E-state index contributed by atoms with van der Waals surface area (Å²) in [5, 5.41) is 8.09. The number of halogens is 3. The Morgan fingerprint density at radius 3 is 2.32 bits per heavy atom. The van der Waals surface area contributed by atoms with Gasteiger partial charge in [0.1, 0.15) is 0 Å². The van der Waals surface area contributed by atoms with Gasteiger partial charge in [-0.2, -0.15) is 0 Å². The predicted octanol–water partition coefficient (Wildman–Crippen LogP) is 5.38. The largest absolute Gasteiger partial charge is 0.360 e. The van der Waals surface area contributed by atoms with Gasteiger partial charge in [-0.3, -0.25) is 0 Å². The zero-order valence-corrected chi connectivity index (χ0v) is 14.2. The van der Waals surface area contributed by atoms with Crippen LogP contribution in [0.25, 0.3) is 0 Å². The smallest absolute Gasteiger partial charge is 0.171 e. The first kappa shape index (κ1) is 15.4. The van der Waals surface area contributed by atoms with Gasteiger partial charge < -0.3 is 10.6 Å². The molecule has 0 bridgehead atoms. The molecule has 0 amide bonds. The highest BCUT2D eigenvalue weighted by atomic mass is 79.9. The van der Waals surface area contributed by atoms with E-state index >= 15 is 0 Å². The van der Waals surface area contributed by atoms with E-state index in [0.717, 1.165) is 4.47 Å². The van der Waals surface area contributed by atoms with Crippen molar-refractivity contribution in [2.75, 3.05) is 5.32 Å². The second-order valence-corrected chi connectivity index (χ2v) is 6.82. The summed E-state index contributed by atoms with van der Waals surface area (Å²) < 4.78 is 0.846. The van der Waals surface area contributed by atoms with Gasteiger partial charge in [0.15, 0.2) is 5.11 Å². The summed E-state index contributed by atoms with van der Waals surface area (Å²) >= 11 is 21.0. The monoisotopic (exact) mass is 380 g/mol. The highest BCUT2D eigenvalue weighted by Crippen LogP contribution is 2.33. The maximum Gasteiger partial charge on any atom is 0.171 e. The summed E-state index contributed by atoms with van der Waals surface area (Å²) in [5.41, 5.74) is 0.653. The van der Waals surface area contributed by atoms with Crippen molar-refractivity contribution in [3.63, 3.8) is 0 Å². The van der Waals surface area contributed by atoms with Gasteiger partial charge in [0.2, 0.25) is 0 Å². The SMILES string of the molecule is S=C(Nc1c(Cl)cc(Br)cc1Cl)NC1CCCCC1. The molecule has 1 fully saturated rings. The first-order valence-electron chi connectivity index (χ1n) is 6.28. The van der Waals surface area contributed by atoms with E-state index in [1.807, 2.05) is 0 Å². The molecule has 19 heavy (non-hydrogen) atoms. The maximum atomic E-state index is 6.16. The average Bonchev–Trinajstić information content (AvgIpc) is 2.35. The Hall–Kier alpha value is -0.0300. The summed E-state index contributed by atoms with van der Waals surface area (Å²) in [6.07, 6.45) is 6.19. The lowest BCUT2D eigenvalue weighted by atomic mass is 9.96. The third-order valence-corrected chi connectivity index (χ3v) is 4.46. The van der Waals surface area contributed by atoms with E-state index in [9.17, 15) is 0 Å². The number of nitrogens with one attached hydrogen (secondary N) is 2. The Morgan fingerprint density at radius 1 is 1.16 bits per heavy atom. The molecule has 104 valence electrons. The second-order valence-electron chi connectivity index (χ2n) is 4.68. The van der Waals surface area contributed by atoms with Crippen LogP contribution in [0.3, 0.4) is 0 Å². The molecule has 1 aliphatic rings. The molecule has 2 N–H and O–H groups in total. The predicted molar refractivity (Wildman–Crippen MR) is 90.4 cm³/mol. The second kappa shape index (κ2) is 7.11. The van der Waals surface area contributed by atoms with Gasteiger partial charge in [0, 0.05) is 10.5 Å². The molecule has 2 rings (SSSR count). The van der Waals surface area contributed by atoms with Crippen molar-refractivity contribution in [1.82, 2.24) is 5.32 Å². The Kier molecular flexibility index (Phi) is 5.75. The van der Waals surface area contributed by atoms with E-state index in [0.29, 0.717) is 26.9 Å². The van der Waals surface area contributed by atoms with Crippen LogP contribution in [0, 0.1) is 0 Å². The van der Waals surface area contributed by atoms with Gasteiger partial charge in [0.05, 0.1) is 15.7 Å². The molecule has 2 nitrogen and oxygen atoms in total. The molecular weight excluding hydrogens is 367 g/mol. The van der Waals surface area contributed by atoms with Crippen LogP contribution < -0.4 is 10.6 Å². The lowest BCUT2D eigenvalue weighted by molar-refractivity contribution is 0.415. The van der Waals surface area contributed by atoms with Crippen LogP contribution in [0.15, 0.2) is 16.6 Å². The molecule has 1 saturated carbocycles. The number of hydrogen-bond acceptors (Lipinski definition) is 1. The molecule has 1 aliphatic carbocycles. The number of anilines is 1. The van der Waals surface area contributed by atoms with Crippen molar-refractivity contribution < 1.29 is 0 Å². The first-order valence-corrected chi connectivity index (χ1v) is 8.24. The summed E-state index contributed by atoms with van der Waals surface area (Å²) in [6.45, 7) is 0. The summed E-state index contributed by atoms with van der Waals surface area (Å²) in [7, 11) is 0. The fraction of sp³-hybridized carbons (Fsp3) is 0.462.